The van der Waals surface area contributed by atoms with Crippen molar-refractivity contribution in [3.63, 3.8) is 0 Å². The van der Waals surface area contributed by atoms with Gasteiger partial charge in [0.25, 0.3) is 0 Å². The largest absolute Gasteiger partial charge is 0.454 e. The molecule has 1 aliphatic carbocycles. The molecule has 0 saturated carbocycles. The van der Waals surface area contributed by atoms with Crippen molar-refractivity contribution in [3.8, 4) is 11.1 Å². The zero-order valence-corrected chi connectivity index (χ0v) is 15.0. The molecule has 0 aliphatic heterocycles. The van der Waals surface area contributed by atoms with Gasteiger partial charge in [0.15, 0.2) is 12.4 Å². The Hall–Kier alpha value is -3.53. The van der Waals surface area contributed by atoms with Gasteiger partial charge in [-0.1, -0.05) is 48.5 Å². The number of esters is 1. The van der Waals surface area contributed by atoms with E-state index in [4.69, 9.17) is 4.74 Å². The van der Waals surface area contributed by atoms with Crippen molar-refractivity contribution in [1.82, 2.24) is 0 Å². The fourth-order valence-electron chi connectivity index (χ4n) is 3.30. The zero-order chi connectivity index (χ0) is 19.5. The molecule has 0 heterocycles. The Kier molecular flexibility index (Phi) is 4.85. The van der Waals surface area contributed by atoms with Crippen molar-refractivity contribution < 1.29 is 18.7 Å². The van der Waals surface area contributed by atoms with E-state index in [9.17, 15) is 14.0 Å². The van der Waals surface area contributed by atoms with E-state index in [1.165, 1.54) is 35.4 Å². The van der Waals surface area contributed by atoms with Gasteiger partial charge < -0.3 is 4.74 Å². The Morgan fingerprint density at radius 1 is 0.929 bits per heavy atom. The first-order valence-electron chi connectivity index (χ1n) is 8.95. The summed E-state index contributed by atoms with van der Waals surface area (Å²) in [5.41, 5.74) is 5.83. The number of ether oxygens (including phenoxy) is 1. The van der Waals surface area contributed by atoms with E-state index in [0.717, 1.165) is 17.5 Å². The second-order valence-electron chi connectivity index (χ2n) is 6.62. The maximum Gasteiger partial charge on any atom is 0.331 e. The Bertz CT molecular complexity index is 1080. The molecule has 28 heavy (non-hydrogen) atoms. The minimum atomic E-state index is -0.621. The standard InChI is InChI=1S/C24H17FO3/c25-20-10-5-16(6-11-20)7-12-24(27)28-15-23(26)19-9-8-18-13-17-3-1-2-4-21(17)22(18)14-19/h1-12,14H,13,15H2/b12-7+. The third kappa shape index (κ3) is 3.76. The summed E-state index contributed by atoms with van der Waals surface area (Å²) in [6.07, 6.45) is 3.60. The summed E-state index contributed by atoms with van der Waals surface area (Å²) >= 11 is 0. The van der Waals surface area contributed by atoms with Crippen LogP contribution in [0.5, 0.6) is 0 Å². The van der Waals surface area contributed by atoms with Gasteiger partial charge in [-0.3, -0.25) is 4.79 Å². The van der Waals surface area contributed by atoms with Gasteiger partial charge in [0.2, 0.25) is 0 Å². The monoisotopic (exact) mass is 372 g/mol. The first-order valence-corrected chi connectivity index (χ1v) is 8.95. The lowest BCUT2D eigenvalue weighted by Gasteiger charge is -2.06. The van der Waals surface area contributed by atoms with Crippen molar-refractivity contribution in [1.29, 1.82) is 0 Å². The molecule has 4 rings (SSSR count). The number of rotatable bonds is 5. The summed E-state index contributed by atoms with van der Waals surface area (Å²) in [7, 11) is 0. The van der Waals surface area contributed by atoms with Gasteiger partial charge in [0, 0.05) is 11.6 Å². The lowest BCUT2D eigenvalue weighted by molar-refractivity contribution is -0.136. The quantitative estimate of drug-likeness (QED) is 0.286. The van der Waals surface area contributed by atoms with E-state index in [0.29, 0.717) is 11.1 Å². The van der Waals surface area contributed by atoms with Crippen LogP contribution in [0.15, 0.2) is 72.8 Å². The SMILES string of the molecule is O=C(/C=C/c1ccc(F)cc1)OCC(=O)c1ccc2c(c1)-c1ccccc1C2. The van der Waals surface area contributed by atoms with Gasteiger partial charge in [-0.25, -0.2) is 9.18 Å². The summed E-state index contributed by atoms with van der Waals surface area (Å²) in [6.45, 7) is -0.326. The third-order valence-corrected chi connectivity index (χ3v) is 4.75. The van der Waals surface area contributed by atoms with Crippen molar-refractivity contribution in [2.45, 2.75) is 6.42 Å². The molecule has 0 fully saturated rings. The van der Waals surface area contributed by atoms with Crippen LogP contribution in [-0.2, 0) is 16.0 Å². The predicted octanol–water partition coefficient (Wildman–Crippen LogP) is 4.84. The molecular formula is C24H17FO3. The summed E-state index contributed by atoms with van der Waals surface area (Å²) < 4.78 is 17.9. The van der Waals surface area contributed by atoms with Gasteiger partial charge in [-0.2, -0.15) is 0 Å². The summed E-state index contributed by atoms with van der Waals surface area (Å²) in [4.78, 5) is 24.3. The number of fused-ring (bicyclic) bond motifs is 3. The van der Waals surface area contributed by atoms with E-state index in [-0.39, 0.29) is 18.2 Å². The number of ketones is 1. The third-order valence-electron chi connectivity index (χ3n) is 4.75. The smallest absolute Gasteiger partial charge is 0.331 e. The second kappa shape index (κ2) is 7.61. The number of hydrogen-bond acceptors (Lipinski definition) is 3. The second-order valence-corrected chi connectivity index (χ2v) is 6.62. The minimum absolute atomic E-state index is 0.254. The van der Waals surface area contributed by atoms with E-state index < -0.39 is 5.97 Å². The molecule has 0 bridgehead atoms. The normalized spacial score (nSPS) is 11.9. The molecule has 0 radical (unpaired) electrons. The highest BCUT2D eigenvalue weighted by atomic mass is 19.1. The number of benzene rings is 3. The molecule has 1 aliphatic rings. The number of Topliss-reactive ketones (excluding diaryl/α,β-unsaturated/α-hetero) is 1. The van der Waals surface area contributed by atoms with Gasteiger partial charge in [0.05, 0.1) is 0 Å². The fraction of sp³-hybridized carbons (Fsp3) is 0.0833. The zero-order valence-electron chi connectivity index (χ0n) is 15.0. The van der Waals surface area contributed by atoms with E-state index in [1.807, 2.05) is 24.3 Å². The highest BCUT2D eigenvalue weighted by molar-refractivity contribution is 6.00. The molecular weight excluding hydrogens is 355 g/mol. The summed E-state index contributed by atoms with van der Waals surface area (Å²) in [6, 6.07) is 19.4. The maximum absolute atomic E-state index is 12.9. The molecule has 0 spiro atoms. The van der Waals surface area contributed by atoms with Gasteiger partial charge in [-0.05, 0) is 58.5 Å². The molecule has 4 heteroatoms. The average Bonchev–Trinajstić information content (AvgIpc) is 3.09. The molecule has 138 valence electrons. The molecule has 0 unspecified atom stereocenters. The van der Waals surface area contributed by atoms with Crippen LogP contribution in [0.4, 0.5) is 4.39 Å². The van der Waals surface area contributed by atoms with Crippen molar-refractivity contribution >= 4 is 17.8 Å². The van der Waals surface area contributed by atoms with Crippen LogP contribution in [0, 0.1) is 5.82 Å². The van der Waals surface area contributed by atoms with Crippen LogP contribution in [0.25, 0.3) is 17.2 Å². The Morgan fingerprint density at radius 2 is 1.68 bits per heavy atom. The molecule has 0 atom stereocenters. The summed E-state index contributed by atoms with van der Waals surface area (Å²) in [5.74, 6) is -1.22. The Balaban J connectivity index is 1.40. The minimum Gasteiger partial charge on any atom is -0.454 e. The maximum atomic E-state index is 12.9. The first-order chi connectivity index (χ1) is 13.6. The van der Waals surface area contributed by atoms with Crippen molar-refractivity contribution in [2.75, 3.05) is 6.61 Å². The van der Waals surface area contributed by atoms with E-state index >= 15 is 0 Å². The average molecular weight is 372 g/mol. The van der Waals surface area contributed by atoms with E-state index in [2.05, 4.69) is 12.1 Å². The van der Waals surface area contributed by atoms with E-state index in [1.54, 1.807) is 18.2 Å². The van der Waals surface area contributed by atoms with Crippen LogP contribution in [0.3, 0.4) is 0 Å². The molecule has 0 aromatic heterocycles. The topological polar surface area (TPSA) is 43.4 Å². The Labute approximate surface area is 162 Å². The number of carbonyl (C=O) groups excluding carboxylic acids is 2. The molecule has 0 N–H and O–H groups in total. The van der Waals surface area contributed by atoms with Crippen LogP contribution in [0.2, 0.25) is 0 Å². The molecule has 0 amide bonds. The number of halogens is 1. The van der Waals surface area contributed by atoms with Gasteiger partial charge in [-0.15, -0.1) is 0 Å². The van der Waals surface area contributed by atoms with Gasteiger partial charge in [0.1, 0.15) is 5.82 Å². The molecule has 3 nitrogen and oxygen atoms in total. The molecule has 3 aromatic carbocycles. The predicted molar refractivity (Wildman–Crippen MR) is 105 cm³/mol. The number of carbonyl (C=O) groups is 2. The van der Waals surface area contributed by atoms with Crippen LogP contribution in [0.1, 0.15) is 27.0 Å². The first kappa shape index (κ1) is 17.9. The van der Waals surface area contributed by atoms with Crippen LogP contribution < -0.4 is 0 Å². The molecule has 3 aromatic rings. The van der Waals surface area contributed by atoms with Crippen LogP contribution in [-0.4, -0.2) is 18.4 Å². The lowest BCUT2D eigenvalue weighted by Crippen LogP contribution is -2.12. The fourth-order valence-corrected chi connectivity index (χ4v) is 3.30. The van der Waals surface area contributed by atoms with Crippen molar-refractivity contribution in [2.24, 2.45) is 0 Å². The van der Waals surface area contributed by atoms with Crippen LogP contribution >= 0.6 is 0 Å². The Morgan fingerprint density at radius 3 is 2.50 bits per heavy atom. The van der Waals surface area contributed by atoms with Crippen molar-refractivity contribution in [3.05, 3.63) is 101 Å². The highest BCUT2D eigenvalue weighted by Gasteiger charge is 2.19. The number of hydrogen-bond donors (Lipinski definition) is 0. The lowest BCUT2D eigenvalue weighted by atomic mass is 10.0. The summed E-state index contributed by atoms with van der Waals surface area (Å²) in [5, 5.41) is 0. The molecule has 0 saturated heterocycles. The van der Waals surface area contributed by atoms with Gasteiger partial charge >= 0.3 is 5.97 Å². The highest BCUT2D eigenvalue weighted by Crippen LogP contribution is 2.36.